The molecule has 0 unspecified atom stereocenters. The highest BCUT2D eigenvalue weighted by molar-refractivity contribution is 4.68. The quantitative estimate of drug-likeness (QED) is 0.326. The van der Waals surface area contributed by atoms with Crippen molar-refractivity contribution < 1.29 is 9.38 Å². The first kappa shape index (κ1) is 8.46. The van der Waals surface area contributed by atoms with E-state index in [-0.39, 0.29) is 5.88 Å². The summed E-state index contributed by atoms with van der Waals surface area (Å²) in [6.07, 6.45) is 0. The molecule has 0 bridgehead atoms. The molecule has 0 aromatic carbocycles. The average molecular weight is 131 g/mol. The van der Waals surface area contributed by atoms with Crippen molar-refractivity contribution >= 4 is 0 Å². The van der Waals surface area contributed by atoms with E-state index in [9.17, 15) is 5.21 Å². The van der Waals surface area contributed by atoms with E-state index < -0.39 is 4.65 Å². The molecule has 0 saturated heterocycles. The van der Waals surface area contributed by atoms with Crippen LogP contribution in [0.3, 0.4) is 0 Å². The summed E-state index contributed by atoms with van der Waals surface area (Å²) in [4.78, 5) is 0. The summed E-state index contributed by atoms with van der Waals surface area (Å²) in [6, 6.07) is 0. The van der Waals surface area contributed by atoms with Crippen molar-refractivity contribution in [2.45, 2.75) is 6.92 Å². The molecule has 3 heteroatoms. The van der Waals surface area contributed by atoms with Gasteiger partial charge in [-0.25, -0.2) is 0 Å². The number of hydrogen-bond acceptors (Lipinski definition) is 2. The number of ether oxygens (including phenoxy) is 1. The van der Waals surface area contributed by atoms with Crippen LogP contribution in [0.4, 0.5) is 0 Å². The monoisotopic (exact) mass is 131 g/mol. The zero-order valence-electron chi connectivity index (χ0n) is 6.18. The van der Waals surface area contributed by atoms with Gasteiger partial charge in [0.05, 0.1) is 20.7 Å². The predicted molar refractivity (Wildman–Crippen MR) is 36.2 cm³/mol. The highest BCUT2D eigenvalue weighted by Gasteiger charge is 2.07. The van der Waals surface area contributed by atoms with Gasteiger partial charge in [0.25, 0.3) is 5.88 Å². The maximum absolute atomic E-state index is 10.9. The number of nitrogens with zero attached hydrogens (tertiary/aromatic N) is 1. The van der Waals surface area contributed by atoms with Crippen LogP contribution in [0.2, 0.25) is 0 Å². The van der Waals surface area contributed by atoms with Crippen LogP contribution in [0.25, 0.3) is 0 Å². The third-order valence-corrected chi connectivity index (χ3v) is 0.912. The minimum absolute atomic E-state index is 0.248. The molecule has 0 atom stereocenters. The molecule has 0 heterocycles. The maximum Gasteiger partial charge on any atom is 0.283 e. The molecule has 0 aromatic rings. The predicted octanol–water partition coefficient (Wildman–Crippen LogP) is 1.07. The van der Waals surface area contributed by atoms with Crippen LogP contribution in [-0.2, 0) is 4.74 Å². The molecule has 0 aliphatic rings. The average Bonchev–Trinajstić information content (AvgIpc) is 1.64. The van der Waals surface area contributed by atoms with Crippen LogP contribution in [0.15, 0.2) is 12.5 Å². The van der Waals surface area contributed by atoms with Crippen LogP contribution in [-0.4, -0.2) is 25.3 Å². The summed E-state index contributed by atoms with van der Waals surface area (Å²) < 4.78 is 4.30. The molecule has 0 spiro atoms. The first-order valence-electron chi connectivity index (χ1n) is 2.85. The third-order valence-electron chi connectivity index (χ3n) is 0.912. The third kappa shape index (κ3) is 3.11. The van der Waals surface area contributed by atoms with Gasteiger partial charge in [0.15, 0.2) is 0 Å². The van der Waals surface area contributed by atoms with Crippen LogP contribution in [0.5, 0.6) is 0 Å². The standard InChI is InChI=1S/C6H13NO2/c1-5-9-6(2)7(3,4)8/h2,5H2,1,3-4H3. The molecule has 0 saturated carbocycles. The van der Waals surface area contributed by atoms with Crippen molar-refractivity contribution in [3.8, 4) is 0 Å². The summed E-state index contributed by atoms with van der Waals surface area (Å²) in [6.45, 7) is 5.78. The highest BCUT2D eigenvalue weighted by atomic mass is 16.6. The normalized spacial score (nSPS) is 11.1. The Balaban J connectivity index is 3.74. The Bertz CT molecular complexity index is 104. The van der Waals surface area contributed by atoms with E-state index in [1.54, 1.807) is 0 Å². The lowest BCUT2D eigenvalue weighted by molar-refractivity contribution is -0.817. The fraction of sp³-hybridized carbons (Fsp3) is 0.667. The number of hydroxylamine groups is 3. The Hall–Kier alpha value is -0.540. The van der Waals surface area contributed by atoms with Crippen molar-refractivity contribution in [3.63, 3.8) is 0 Å². The van der Waals surface area contributed by atoms with Crippen molar-refractivity contribution in [1.29, 1.82) is 0 Å². The highest BCUT2D eigenvalue weighted by Crippen LogP contribution is 2.06. The molecule has 0 radical (unpaired) electrons. The first-order chi connectivity index (χ1) is 3.98. The first-order valence-corrected chi connectivity index (χ1v) is 2.85. The molecule has 0 rings (SSSR count). The van der Waals surface area contributed by atoms with Gasteiger partial charge in [-0.1, -0.05) is 0 Å². The summed E-state index contributed by atoms with van der Waals surface area (Å²) in [7, 11) is 2.94. The van der Waals surface area contributed by atoms with Crippen LogP contribution < -0.4 is 0 Å². The van der Waals surface area contributed by atoms with Gasteiger partial charge in [-0.05, 0) is 6.92 Å². The van der Waals surface area contributed by atoms with E-state index in [2.05, 4.69) is 6.58 Å². The van der Waals surface area contributed by atoms with Gasteiger partial charge in [-0.3, -0.25) is 0 Å². The Morgan fingerprint density at radius 1 is 1.67 bits per heavy atom. The Labute approximate surface area is 55.7 Å². The second kappa shape index (κ2) is 2.85. The fourth-order valence-corrected chi connectivity index (χ4v) is 0.322. The van der Waals surface area contributed by atoms with Crippen molar-refractivity contribution in [2.75, 3.05) is 20.7 Å². The van der Waals surface area contributed by atoms with Gasteiger partial charge < -0.3 is 14.6 Å². The van der Waals surface area contributed by atoms with Gasteiger partial charge in [0.2, 0.25) is 0 Å². The fourth-order valence-electron chi connectivity index (χ4n) is 0.322. The molecule has 3 nitrogen and oxygen atoms in total. The van der Waals surface area contributed by atoms with E-state index in [1.165, 1.54) is 14.1 Å². The smallest absolute Gasteiger partial charge is 0.283 e. The zero-order chi connectivity index (χ0) is 7.49. The molecule has 0 aliphatic carbocycles. The Morgan fingerprint density at radius 2 is 2.11 bits per heavy atom. The molecule has 54 valence electrons. The summed E-state index contributed by atoms with van der Waals surface area (Å²) in [5.41, 5.74) is 0. The summed E-state index contributed by atoms with van der Waals surface area (Å²) >= 11 is 0. The number of rotatable bonds is 3. The molecule has 0 fully saturated rings. The largest absolute Gasteiger partial charge is 0.625 e. The SMILES string of the molecule is C=C(OCC)[N+](C)(C)[O-]. The van der Waals surface area contributed by atoms with Crippen LogP contribution >= 0.6 is 0 Å². The maximum atomic E-state index is 10.9. The van der Waals surface area contributed by atoms with Crippen molar-refractivity contribution in [2.24, 2.45) is 0 Å². The van der Waals surface area contributed by atoms with E-state index in [1.807, 2.05) is 6.92 Å². The van der Waals surface area contributed by atoms with Gasteiger partial charge in [0.1, 0.15) is 0 Å². The van der Waals surface area contributed by atoms with E-state index in [0.29, 0.717) is 6.61 Å². The Kier molecular flexibility index (Phi) is 2.67. The minimum Gasteiger partial charge on any atom is -0.625 e. The van der Waals surface area contributed by atoms with Gasteiger partial charge in [-0.2, -0.15) is 0 Å². The molecule has 0 N–H and O–H groups in total. The van der Waals surface area contributed by atoms with E-state index >= 15 is 0 Å². The van der Waals surface area contributed by atoms with Crippen molar-refractivity contribution in [3.05, 3.63) is 17.7 Å². The van der Waals surface area contributed by atoms with Crippen molar-refractivity contribution in [1.82, 2.24) is 0 Å². The second-order valence-electron chi connectivity index (χ2n) is 2.18. The Morgan fingerprint density at radius 3 is 2.22 bits per heavy atom. The van der Waals surface area contributed by atoms with E-state index in [0.717, 1.165) is 0 Å². The summed E-state index contributed by atoms with van der Waals surface area (Å²) in [5.74, 6) is 0.248. The van der Waals surface area contributed by atoms with Crippen LogP contribution in [0, 0.1) is 5.21 Å². The molecule has 0 amide bonds. The zero-order valence-corrected chi connectivity index (χ0v) is 6.18. The molecular weight excluding hydrogens is 118 g/mol. The lowest BCUT2D eigenvalue weighted by Crippen LogP contribution is -2.31. The topological polar surface area (TPSA) is 32.3 Å². The summed E-state index contributed by atoms with van der Waals surface area (Å²) in [5, 5.41) is 10.9. The van der Waals surface area contributed by atoms with E-state index in [4.69, 9.17) is 4.74 Å². The molecule has 0 aliphatic heterocycles. The molecular formula is C6H13NO2. The number of quaternary nitrogens is 1. The lowest BCUT2D eigenvalue weighted by Gasteiger charge is -2.32. The number of hydrogen-bond donors (Lipinski definition) is 0. The van der Waals surface area contributed by atoms with Gasteiger partial charge in [-0.15, -0.1) is 0 Å². The second-order valence-corrected chi connectivity index (χ2v) is 2.18. The molecule has 9 heavy (non-hydrogen) atoms. The minimum atomic E-state index is -0.576. The lowest BCUT2D eigenvalue weighted by atomic mass is 10.7. The molecule has 0 aromatic heterocycles. The van der Waals surface area contributed by atoms with Gasteiger partial charge in [0, 0.05) is 6.58 Å². The van der Waals surface area contributed by atoms with Gasteiger partial charge >= 0.3 is 0 Å². The van der Waals surface area contributed by atoms with Crippen LogP contribution in [0.1, 0.15) is 6.92 Å².